The fourth-order valence-corrected chi connectivity index (χ4v) is 2.23. The van der Waals surface area contributed by atoms with Crippen LogP contribution < -0.4 is 5.32 Å². The number of benzene rings is 1. The number of halogens is 2. The summed E-state index contributed by atoms with van der Waals surface area (Å²) in [5.74, 6) is -0.872. The summed E-state index contributed by atoms with van der Waals surface area (Å²) in [5.41, 5.74) is 1.49. The van der Waals surface area contributed by atoms with E-state index in [0.717, 1.165) is 31.0 Å². The number of hydrogen-bond donors (Lipinski definition) is 1. The van der Waals surface area contributed by atoms with Gasteiger partial charge in [0.05, 0.1) is 0 Å². The van der Waals surface area contributed by atoms with Gasteiger partial charge in [-0.05, 0) is 36.6 Å². The lowest BCUT2D eigenvalue weighted by atomic mass is 9.91. The van der Waals surface area contributed by atoms with Crippen molar-refractivity contribution in [3.8, 4) is 0 Å². The zero-order valence-corrected chi connectivity index (χ0v) is 8.82. The molecule has 0 aliphatic carbocycles. The fraction of sp³-hybridized carbons (Fsp3) is 0.500. The van der Waals surface area contributed by atoms with E-state index < -0.39 is 11.6 Å². The van der Waals surface area contributed by atoms with Crippen molar-refractivity contribution >= 4 is 0 Å². The van der Waals surface area contributed by atoms with Gasteiger partial charge in [0.25, 0.3) is 0 Å². The standard InChI is InChI=1S/C12H15F2N/c1-2-3-12-10-6-8(13)7-11(14)9(10)4-5-15-12/h6-7,12,15H,2-5H2,1H3. The molecular weight excluding hydrogens is 196 g/mol. The van der Waals surface area contributed by atoms with Crippen LogP contribution in [0, 0.1) is 11.6 Å². The quantitative estimate of drug-likeness (QED) is 0.793. The van der Waals surface area contributed by atoms with Crippen LogP contribution in [-0.2, 0) is 6.42 Å². The Hall–Kier alpha value is -0.960. The molecule has 1 atom stereocenters. The molecule has 3 heteroatoms. The van der Waals surface area contributed by atoms with Crippen molar-refractivity contribution in [1.29, 1.82) is 0 Å². The van der Waals surface area contributed by atoms with Crippen molar-refractivity contribution in [2.45, 2.75) is 32.2 Å². The van der Waals surface area contributed by atoms with Crippen LogP contribution in [0.3, 0.4) is 0 Å². The van der Waals surface area contributed by atoms with Gasteiger partial charge in [0.1, 0.15) is 11.6 Å². The Morgan fingerprint density at radius 3 is 2.93 bits per heavy atom. The minimum Gasteiger partial charge on any atom is -0.310 e. The largest absolute Gasteiger partial charge is 0.310 e. The van der Waals surface area contributed by atoms with Crippen LogP contribution in [0.1, 0.15) is 36.9 Å². The van der Waals surface area contributed by atoms with Gasteiger partial charge in [0, 0.05) is 12.1 Å². The summed E-state index contributed by atoms with van der Waals surface area (Å²) in [6.07, 6.45) is 2.59. The first-order chi connectivity index (χ1) is 7.22. The average molecular weight is 211 g/mol. The summed E-state index contributed by atoms with van der Waals surface area (Å²) in [6.45, 7) is 2.85. The van der Waals surface area contributed by atoms with E-state index in [1.165, 1.54) is 6.07 Å². The Morgan fingerprint density at radius 2 is 2.20 bits per heavy atom. The monoisotopic (exact) mass is 211 g/mol. The molecule has 0 saturated heterocycles. The van der Waals surface area contributed by atoms with Crippen molar-refractivity contribution in [2.75, 3.05) is 6.54 Å². The molecule has 0 fully saturated rings. The van der Waals surface area contributed by atoms with Gasteiger partial charge in [-0.1, -0.05) is 13.3 Å². The van der Waals surface area contributed by atoms with Gasteiger partial charge in [0.15, 0.2) is 0 Å². The van der Waals surface area contributed by atoms with Gasteiger partial charge in [-0.3, -0.25) is 0 Å². The van der Waals surface area contributed by atoms with E-state index in [1.54, 1.807) is 0 Å². The molecule has 1 unspecified atom stereocenters. The topological polar surface area (TPSA) is 12.0 Å². The predicted octanol–water partition coefficient (Wildman–Crippen LogP) is 2.95. The summed E-state index contributed by atoms with van der Waals surface area (Å²) >= 11 is 0. The molecule has 1 heterocycles. The highest BCUT2D eigenvalue weighted by atomic mass is 19.1. The highest BCUT2D eigenvalue weighted by Crippen LogP contribution is 2.28. The number of hydrogen-bond acceptors (Lipinski definition) is 1. The minimum absolute atomic E-state index is 0.115. The summed E-state index contributed by atoms with van der Waals surface area (Å²) in [5, 5.41) is 3.30. The first-order valence-corrected chi connectivity index (χ1v) is 5.43. The molecule has 1 aromatic carbocycles. The summed E-state index contributed by atoms with van der Waals surface area (Å²) in [4.78, 5) is 0. The van der Waals surface area contributed by atoms with Crippen molar-refractivity contribution in [3.63, 3.8) is 0 Å². The molecule has 1 nitrogen and oxygen atoms in total. The Balaban J connectivity index is 2.41. The molecule has 1 N–H and O–H groups in total. The lowest BCUT2D eigenvalue weighted by Crippen LogP contribution is -2.30. The summed E-state index contributed by atoms with van der Waals surface area (Å²) < 4.78 is 26.6. The molecule has 82 valence electrons. The van der Waals surface area contributed by atoms with E-state index in [1.807, 2.05) is 0 Å². The summed E-state index contributed by atoms with van der Waals surface area (Å²) in [6, 6.07) is 2.56. The molecule has 0 amide bonds. The third kappa shape index (κ3) is 2.02. The van der Waals surface area contributed by atoms with Crippen molar-refractivity contribution in [2.24, 2.45) is 0 Å². The molecular formula is C12H15F2N. The van der Waals surface area contributed by atoms with E-state index in [2.05, 4.69) is 12.2 Å². The first-order valence-electron chi connectivity index (χ1n) is 5.43. The van der Waals surface area contributed by atoms with Crippen LogP contribution >= 0.6 is 0 Å². The molecule has 0 radical (unpaired) electrons. The molecule has 0 spiro atoms. The fourth-order valence-electron chi connectivity index (χ4n) is 2.23. The van der Waals surface area contributed by atoms with E-state index in [4.69, 9.17) is 0 Å². The second-order valence-electron chi connectivity index (χ2n) is 4.00. The van der Waals surface area contributed by atoms with Gasteiger partial charge in [-0.25, -0.2) is 8.78 Å². The highest BCUT2D eigenvalue weighted by Gasteiger charge is 2.22. The normalized spacial score (nSPS) is 20.1. The Bertz CT molecular complexity index is 363. The van der Waals surface area contributed by atoms with Crippen LogP contribution in [0.15, 0.2) is 12.1 Å². The second-order valence-corrected chi connectivity index (χ2v) is 4.00. The van der Waals surface area contributed by atoms with Crippen LogP contribution in [-0.4, -0.2) is 6.54 Å². The van der Waals surface area contributed by atoms with Crippen molar-refractivity contribution in [3.05, 3.63) is 34.9 Å². The zero-order chi connectivity index (χ0) is 10.8. The lowest BCUT2D eigenvalue weighted by molar-refractivity contribution is 0.451. The van der Waals surface area contributed by atoms with Crippen LogP contribution in [0.5, 0.6) is 0 Å². The maximum Gasteiger partial charge on any atom is 0.129 e. The van der Waals surface area contributed by atoms with E-state index in [0.29, 0.717) is 12.0 Å². The maximum absolute atomic E-state index is 13.5. The van der Waals surface area contributed by atoms with Gasteiger partial charge < -0.3 is 5.32 Å². The molecule has 15 heavy (non-hydrogen) atoms. The molecule has 0 bridgehead atoms. The summed E-state index contributed by atoms with van der Waals surface area (Å²) in [7, 11) is 0. The Morgan fingerprint density at radius 1 is 1.40 bits per heavy atom. The average Bonchev–Trinajstić information content (AvgIpc) is 2.19. The third-order valence-corrected chi connectivity index (χ3v) is 2.91. The van der Waals surface area contributed by atoms with Gasteiger partial charge in [-0.2, -0.15) is 0 Å². The molecule has 1 aliphatic rings. The predicted molar refractivity (Wildman–Crippen MR) is 55.7 cm³/mol. The van der Waals surface area contributed by atoms with Gasteiger partial charge in [-0.15, -0.1) is 0 Å². The van der Waals surface area contributed by atoms with E-state index >= 15 is 0 Å². The van der Waals surface area contributed by atoms with Gasteiger partial charge >= 0.3 is 0 Å². The van der Waals surface area contributed by atoms with Crippen molar-refractivity contribution in [1.82, 2.24) is 5.32 Å². The Kier molecular flexibility index (Phi) is 3.00. The number of fused-ring (bicyclic) bond motifs is 1. The second kappa shape index (κ2) is 4.27. The number of nitrogens with one attached hydrogen (secondary N) is 1. The van der Waals surface area contributed by atoms with Crippen LogP contribution in [0.4, 0.5) is 8.78 Å². The first kappa shape index (κ1) is 10.6. The lowest BCUT2D eigenvalue weighted by Gasteiger charge is -2.27. The Labute approximate surface area is 88.5 Å². The van der Waals surface area contributed by atoms with Crippen LogP contribution in [0.2, 0.25) is 0 Å². The molecule has 2 rings (SSSR count). The molecule has 1 aromatic rings. The van der Waals surface area contributed by atoms with E-state index in [-0.39, 0.29) is 6.04 Å². The SMILES string of the molecule is CCCC1NCCc2c(F)cc(F)cc21. The van der Waals surface area contributed by atoms with E-state index in [9.17, 15) is 8.78 Å². The zero-order valence-electron chi connectivity index (χ0n) is 8.82. The van der Waals surface area contributed by atoms with Crippen molar-refractivity contribution < 1.29 is 8.78 Å². The molecule has 1 aliphatic heterocycles. The minimum atomic E-state index is -0.476. The molecule has 0 aromatic heterocycles. The highest BCUT2D eigenvalue weighted by molar-refractivity contribution is 5.34. The number of rotatable bonds is 2. The third-order valence-electron chi connectivity index (χ3n) is 2.91. The smallest absolute Gasteiger partial charge is 0.129 e. The van der Waals surface area contributed by atoms with Gasteiger partial charge in [0.2, 0.25) is 0 Å². The molecule has 0 saturated carbocycles. The maximum atomic E-state index is 13.5. The van der Waals surface area contributed by atoms with Crippen LogP contribution in [0.25, 0.3) is 0 Å².